The normalized spacial score (nSPS) is 11.5. The Morgan fingerprint density at radius 1 is 1.31 bits per heavy atom. The molecule has 0 atom stereocenters. The molecular formula is C12H23N. The van der Waals surface area contributed by atoms with Gasteiger partial charge in [0.25, 0.3) is 0 Å². The van der Waals surface area contributed by atoms with Gasteiger partial charge >= 0.3 is 0 Å². The third-order valence-corrected chi connectivity index (χ3v) is 2.16. The van der Waals surface area contributed by atoms with Crippen LogP contribution in [0.15, 0.2) is 24.6 Å². The third kappa shape index (κ3) is 4.76. The first kappa shape index (κ1) is 12.3. The summed E-state index contributed by atoms with van der Waals surface area (Å²) in [4.78, 5) is 2.24. The van der Waals surface area contributed by atoms with E-state index < -0.39 is 0 Å². The summed E-state index contributed by atoms with van der Waals surface area (Å²) in [6, 6.07) is 0. The second-order valence-electron chi connectivity index (χ2n) is 3.18. The number of hydrogen-bond acceptors (Lipinski definition) is 1. The van der Waals surface area contributed by atoms with Gasteiger partial charge in [-0.05, 0) is 32.4 Å². The minimum atomic E-state index is 1.03. The standard InChI is InChI=1S/C12H23N/c1-5-9-11-12(10-6-2)13(7-3)8-4/h7,10H,3,5-6,8-9,11H2,1-2,4H3/b12-10-. The number of rotatable bonds is 7. The average molecular weight is 181 g/mol. The smallest absolute Gasteiger partial charge is 0.0193 e. The zero-order chi connectivity index (χ0) is 10.1. The molecule has 0 aliphatic heterocycles. The summed E-state index contributed by atoms with van der Waals surface area (Å²) in [6.45, 7) is 11.4. The van der Waals surface area contributed by atoms with Gasteiger partial charge in [0.15, 0.2) is 0 Å². The fraction of sp³-hybridized carbons (Fsp3) is 0.667. The van der Waals surface area contributed by atoms with Gasteiger partial charge in [-0.3, -0.25) is 0 Å². The van der Waals surface area contributed by atoms with Crippen molar-refractivity contribution in [1.82, 2.24) is 4.90 Å². The first-order valence-electron chi connectivity index (χ1n) is 5.38. The highest BCUT2D eigenvalue weighted by Gasteiger charge is 2.01. The van der Waals surface area contributed by atoms with Crippen molar-refractivity contribution in [2.24, 2.45) is 0 Å². The lowest BCUT2D eigenvalue weighted by Gasteiger charge is -2.21. The van der Waals surface area contributed by atoms with Crippen molar-refractivity contribution in [1.29, 1.82) is 0 Å². The highest BCUT2D eigenvalue weighted by Crippen LogP contribution is 2.13. The average Bonchev–Trinajstić information content (AvgIpc) is 2.16. The molecule has 0 aromatic rings. The van der Waals surface area contributed by atoms with Crippen LogP contribution in [0.3, 0.4) is 0 Å². The van der Waals surface area contributed by atoms with E-state index in [0.717, 1.165) is 13.0 Å². The Balaban J connectivity index is 4.21. The zero-order valence-corrected chi connectivity index (χ0v) is 9.34. The molecule has 0 unspecified atom stereocenters. The van der Waals surface area contributed by atoms with Crippen LogP contribution in [0.1, 0.15) is 46.5 Å². The van der Waals surface area contributed by atoms with Crippen LogP contribution in [-0.4, -0.2) is 11.4 Å². The Hall–Kier alpha value is -0.720. The Morgan fingerprint density at radius 2 is 2.00 bits per heavy atom. The molecule has 76 valence electrons. The second-order valence-corrected chi connectivity index (χ2v) is 3.18. The monoisotopic (exact) mass is 181 g/mol. The van der Waals surface area contributed by atoms with Crippen LogP contribution in [0, 0.1) is 0 Å². The Labute approximate surface area is 83.1 Å². The van der Waals surface area contributed by atoms with E-state index in [4.69, 9.17) is 0 Å². The maximum absolute atomic E-state index is 3.83. The molecule has 0 aromatic heterocycles. The summed E-state index contributed by atoms with van der Waals surface area (Å²) < 4.78 is 0. The summed E-state index contributed by atoms with van der Waals surface area (Å²) in [7, 11) is 0. The van der Waals surface area contributed by atoms with Crippen LogP contribution in [0.5, 0.6) is 0 Å². The molecule has 0 fully saturated rings. The molecule has 1 nitrogen and oxygen atoms in total. The molecule has 0 aromatic carbocycles. The van der Waals surface area contributed by atoms with Crippen molar-refractivity contribution in [2.45, 2.75) is 46.5 Å². The van der Waals surface area contributed by atoms with Gasteiger partial charge in [-0.25, -0.2) is 0 Å². The van der Waals surface area contributed by atoms with Crippen LogP contribution in [-0.2, 0) is 0 Å². The largest absolute Gasteiger partial charge is 0.353 e. The van der Waals surface area contributed by atoms with Gasteiger partial charge in [-0.2, -0.15) is 0 Å². The predicted molar refractivity (Wildman–Crippen MR) is 60.5 cm³/mol. The molecule has 0 aliphatic rings. The van der Waals surface area contributed by atoms with E-state index in [-0.39, 0.29) is 0 Å². The molecule has 0 spiro atoms. The molecule has 0 bridgehead atoms. The molecule has 0 saturated carbocycles. The van der Waals surface area contributed by atoms with E-state index in [1.54, 1.807) is 0 Å². The second kappa shape index (κ2) is 7.90. The first-order chi connectivity index (χ1) is 6.29. The van der Waals surface area contributed by atoms with Crippen molar-refractivity contribution >= 4 is 0 Å². The van der Waals surface area contributed by atoms with Crippen LogP contribution in [0.4, 0.5) is 0 Å². The summed E-state index contributed by atoms with van der Waals surface area (Å²) in [5, 5.41) is 0. The van der Waals surface area contributed by atoms with Gasteiger partial charge in [-0.15, -0.1) is 0 Å². The molecule has 13 heavy (non-hydrogen) atoms. The van der Waals surface area contributed by atoms with E-state index in [1.165, 1.54) is 25.0 Å². The van der Waals surface area contributed by atoms with E-state index in [1.807, 2.05) is 6.20 Å². The Kier molecular flexibility index (Phi) is 7.47. The molecule has 0 aliphatic carbocycles. The minimum Gasteiger partial charge on any atom is -0.353 e. The lowest BCUT2D eigenvalue weighted by molar-refractivity contribution is 0.461. The molecular weight excluding hydrogens is 158 g/mol. The maximum atomic E-state index is 3.83. The molecule has 0 saturated heterocycles. The van der Waals surface area contributed by atoms with Gasteiger partial charge in [-0.1, -0.05) is 32.9 Å². The van der Waals surface area contributed by atoms with Gasteiger partial charge in [0.05, 0.1) is 0 Å². The summed E-state index contributed by atoms with van der Waals surface area (Å²) in [5.74, 6) is 0. The van der Waals surface area contributed by atoms with E-state index in [2.05, 4.69) is 38.3 Å². The molecule has 0 radical (unpaired) electrons. The molecule has 0 amide bonds. The lowest BCUT2D eigenvalue weighted by Crippen LogP contribution is -2.15. The fourth-order valence-electron chi connectivity index (χ4n) is 1.41. The van der Waals surface area contributed by atoms with Crippen LogP contribution >= 0.6 is 0 Å². The quantitative estimate of drug-likeness (QED) is 0.575. The fourth-order valence-corrected chi connectivity index (χ4v) is 1.41. The van der Waals surface area contributed by atoms with E-state index in [9.17, 15) is 0 Å². The topological polar surface area (TPSA) is 3.24 Å². The zero-order valence-electron chi connectivity index (χ0n) is 9.34. The van der Waals surface area contributed by atoms with Crippen molar-refractivity contribution in [3.8, 4) is 0 Å². The first-order valence-corrected chi connectivity index (χ1v) is 5.38. The third-order valence-electron chi connectivity index (χ3n) is 2.16. The minimum absolute atomic E-state index is 1.03. The number of hydrogen-bond donors (Lipinski definition) is 0. The lowest BCUT2D eigenvalue weighted by atomic mass is 10.1. The highest BCUT2D eigenvalue weighted by molar-refractivity contribution is 5.04. The van der Waals surface area contributed by atoms with Gasteiger partial charge in [0.2, 0.25) is 0 Å². The number of unbranched alkanes of at least 4 members (excludes halogenated alkanes) is 1. The summed E-state index contributed by atoms with van der Waals surface area (Å²) in [6.07, 6.45) is 9.07. The molecule has 0 rings (SSSR count). The van der Waals surface area contributed by atoms with Crippen molar-refractivity contribution < 1.29 is 0 Å². The van der Waals surface area contributed by atoms with Crippen LogP contribution in [0.25, 0.3) is 0 Å². The predicted octanol–water partition coefficient (Wildman–Crippen LogP) is 3.94. The molecule has 1 heteroatoms. The van der Waals surface area contributed by atoms with Gasteiger partial charge in [0.1, 0.15) is 0 Å². The number of nitrogens with zero attached hydrogens (tertiary/aromatic N) is 1. The Morgan fingerprint density at radius 3 is 2.38 bits per heavy atom. The van der Waals surface area contributed by atoms with E-state index in [0.29, 0.717) is 0 Å². The summed E-state index contributed by atoms with van der Waals surface area (Å²) >= 11 is 0. The molecule has 0 N–H and O–H groups in total. The molecule has 0 heterocycles. The van der Waals surface area contributed by atoms with Crippen molar-refractivity contribution in [3.63, 3.8) is 0 Å². The highest BCUT2D eigenvalue weighted by atomic mass is 15.1. The Bertz CT molecular complexity index is 159. The van der Waals surface area contributed by atoms with Gasteiger partial charge < -0.3 is 4.90 Å². The van der Waals surface area contributed by atoms with E-state index >= 15 is 0 Å². The van der Waals surface area contributed by atoms with Crippen LogP contribution < -0.4 is 0 Å². The number of allylic oxidation sites excluding steroid dienone is 2. The van der Waals surface area contributed by atoms with Gasteiger partial charge in [0, 0.05) is 12.2 Å². The maximum Gasteiger partial charge on any atom is 0.0193 e. The van der Waals surface area contributed by atoms with Crippen molar-refractivity contribution in [2.75, 3.05) is 6.54 Å². The summed E-state index contributed by atoms with van der Waals surface area (Å²) in [5.41, 5.74) is 1.43. The van der Waals surface area contributed by atoms with Crippen molar-refractivity contribution in [3.05, 3.63) is 24.6 Å². The SMILES string of the molecule is C=CN(CC)/C(=C\CC)CCCC. The van der Waals surface area contributed by atoms with Crippen LogP contribution in [0.2, 0.25) is 0 Å².